The summed E-state index contributed by atoms with van der Waals surface area (Å²) in [5.41, 5.74) is 1.25. The fraction of sp³-hybridized carbons (Fsp3) is 0.0625. The van der Waals surface area contributed by atoms with E-state index in [4.69, 9.17) is 10.00 Å². The first-order chi connectivity index (χ1) is 9.74. The molecular weight excluding hydrogens is 252 g/mol. The first-order valence-corrected chi connectivity index (χ1v) is 5.95. The summed E-state index contributed by atoms with van der Waals surface area (Å²) in [5, 5.41) is 9.16. The van der Waals surface area contributed by atoms with Gasteiger partial charge in [0.2, 0.25) is 5.78 Å². The van der Waals surface area contributed by atoms with Crippen molar-refractivity contribution in [2.75, 3.05) is 7.11 Å². The lowest BCUT2D eigenvalue weighted by atomic mass is 10.0. The molecule has 0 bridgehead atoms. The largest absolute Gasteiger partial charge is 0.497 e. The second kappa shape index (κ2) is 6.30. The molecular formula is C16H12N2O2. The molecule has 1 aromatic heterocycles. The van der Waals surface area contributed by atoms with Crippen molar-refractivity contribution in [2.45, 2.75) is 0 Å². The van der Waals surface area contributed by atoms with Crippen LogP contribution in [0.4, 0.5) is 0 Å². The Morgan fingerprint density at radius 3 is 2.70 bits per heavy atom. The summed E-state index contributed by atoms with van der Waals surface area (Å²) < 4.78 is 5.07. The molecule has 0 amide bonds. The Morgan fingerprint density at radius 1 is 1.30 bits per heavy atom. The number of rotatable bonds is 4. The van der Waals surface area contributed by atoms with Crippen molar-refractivity contribution in [1.29, 1.82) is 5.26 Å². The SMILES string of the molecule is COc1cccc(C(=O)/C(C#N)=C/c2ccncc2)c1. The van der Waals surface area contributed by atoms with Crippen LogP contribution in [0, 0.1) is 11.3 Å². The molecule has 20 heavy (non-hydrogen) atoms. The second-order valence-electron chi connectivity index (χ2n) is 4.01. The summed E-state index contributed by atoms with van der Waals surface area (Å²) >= 11 is 0. The summed E-state index contributed by atoms with van der Waals surface area (Å²) in [4.78, 5) is 16.2. The van der Waals surface area contributed by atoms with E-state index in [9.17, 15) is 4.79 Å². The van der Waals surface area contributed by atoms with Gasteiger partial charge >= 0.3 is 0 Å². The lowest BCUT2D eigenvalue weighted by molar-refractivity contribution is 0.103. The Hall–Kier alpha value is -2.93. The van der Waals surface area contributed by atoms with Crippen LogP contribution in [-0.2, 0) is 0 Å². The monoisotopic (exact) mass is 264 g/mol. The van der Waals surface area contributed by atoms with Crippen molar-refractivity contribution in [3.63, 3.8) is 0 Å². The third-order valence-corrected chi connectivity index (χ3v) is 2.71. The van der Waals surface area contributed by atoms with Crippen LogP contribution in [0.5, 0.6) is 5.75 Å². The minimum Gasteiger partial charge on any atom is -0.497 e. The third-order valence-electron chi connectivity index (χ3n) is 2.71. The Balaban J connectivity index is 2.35. The molecule has 0 radical (unpaired) electrons. The zero-order valence-electron chi connectivity index (χ0n) is 10.9. The number of hydrogen-bond donors (Lipinski definition) is 0. The number of pyridine rings is 1. The number of carbonyl (C=O) groups excluding carboxylic acids is 1. The minimum absolute atomic E-state index is 0.0736. The van der Waals surface area contributed by atoms with E-state index in [1.165, 1.54) is 7.11 Å². The molecule has 1 aromatic carbocycles. The molecule has 0 unspecified atom stereocenters. The van der Waals surface area contributed by atoms with Gasteiger partial charge in [-0.1, -0.05) is 12.1 Å². The van der Waals surface area contributed by atoms with E-state index in [0.29, 0.717) is 11.3 Å². The van der Waals surface area contributed by atoms with Gasteiger partial charge in [-0.15, -0.1) is 0 Å². The fourth-order valence-electron chi connectivity index (χ4n) is 1.69. The summed E-state index contributed by atoms with van der Waals surface area (Å²) in [7, 11) is 1.53. The fourth-order valence-corrected chi connectivity index (χ4v) is 1.69. The lowest BCUT2D eigenvalue weighted by Crippen LogP contribution is -2.02. The highest BCUT2D eigenvalue weighted by molar-refractivity contribution is 6.14. The first-order valence-electron chi connectivity index (χ1n) is 5.95. The predicted octanol–water partition coefficient (Wildman–Crippen LogP) is 2.88. The Bertz CT molecular complexity index is 685. The van der Waals surface area contributed by atoms with Crippen molar-refractivity contribution in [1.82, 2.24) is 4.98 Å². The molecule has 0 aliphatic carbocycles. The standard InChI is InChI=1S/C16H12N2O2/c1-20-15-4-2-3-13(10-15)16(19)14(11-17)9-12-5-7-18-8-6-12/h2-10H,1H3/b14-9+. The molecule has 1 heterocycles. The molecule has 2 rings (SSSR count). The van der Waals surface area contributed by atoms with E-state index in [-0.39, 0.29) is 11.4 Å². The molecule has 98 valence electrons. The van der Waals surface area contributed by atoms with Crippen molar-refractivity contribution in [3.8, 4) is 11.8 Å². The Kier molecular flexibility index (Phi) is 4.25. The molecule has 0 aliphatic heterocycles. The number of nitrogens with zero attached hydrogens (tertiary/aromatic N) is 2. The molecule has 0 atom stereocenters. The summed E-state index contributed by atoms with van der Waals surface area (Å²) in [6, 6.07) is 12.1. The van der Waals surface area contributed by atoms with Crippen LogP contribution in [0.15, 0.2) is 54.4 Å². The van der Waals surface area contributed by atoms with E-state index in [1.54, 1.807) is 54.9 Å². The van der Waals surface area contributed by atoms with Gasteiger partial charge in [-0.3, -0.25) is 9.78 Å². The maximum Gasteiger partial charge on any atom is 0.203 e. The molecule has 0 N–H and O–H groups in total. The number of ketones is 1. The highest BCUT2D eigenvalue weighted by Gasteiger charge is 2.12. The van der Waals surface area contributed by atoms with Gasteiger partial charge in [-0.2, -0.15) is 5.26 Å². The van der Waals surface area contributed by atoms with Crippen molar-refractivity contribution < 1.29 is 9.53 Å². The van der Waals surface area contributed by atoms with Gasteiger partial charge in [0.1, 0.15) is 17.4 Å². The lowest BCUT2D eigenvalue weighted by Gasteiger charge is -2.03. The number of methoxy groups -OCH3 is 1. The van der Waals surface area contributed by atoms with E-state index in [1.807, 2.05) is 6.07 Å². The van der Waals surface area contributed by atoms with Crippen LogP contribution >= 0.6 is 0 Å². The van der Waals surface area contributed by atoms with Gasteiger partial charge < -0.3 is 4.74 Å². The average Bonchev–Trinajstić information content (AvgIpc) is 2.53. The van der Waals surface area contributed by atoms with Crippen LogP contribution in [0.2, 0.25) is 0 Å². The van der Waals surface area contributed by atoms with Crippen molar-refractivity contribution in [2.24, 2.45) is 0 Å². The third kappa shape index (κ3) is 3.09. The highest BCUT2D eigenvalue weighted by atomic mass is 16.5. The number of carbonyl (C=O) groups is 1. The molecule has 0 spiro atoms. The molecule has 0 saturated heterocycles. The van der Waals surface area contributed by atoms with Crippen LogP contribution in [0.3, 0.4) is 0 Å². The van der Waals surface area contributed by atoms with Gasteiger partial charge in [-0.25, -0.2) is 0 Å². The van der Waals surface area contributed by atoms with Gasteiger partial charge in [0.05, 0.1) is 7.11 Å². The van der Waals surface area contributed by atoms with Crippen LogP contribution in [0.1, 0.15) is 15.9 Å². The number of hydrogen-bond acceptors (Lipinski definition) is 4. The topological polar surface area (TPSA) is 63.0 Å². The summed E-state index contributed by atoms with van der Waals surface area (Å²) in [6.45, 7) is 0. The number of aromatic nitrogens is 1. The Labute approximate surface area is 117 Å². The van der Waals surface area contributed by atoms with E-state index >= 15 is 0 Å². The summed E-state index contributed by atoms with van der Waals surface area (Å²) in [5.74, 6) is 0.250. The predicted molar refractivity (Wildman–Crippen MR) is 75.2 cm³/mol. The second-order valence-corrected chi connectivity index (χ2v) is 4.01. The van der Waals surface area contributed by atoms with Crippen molar-refractivity contribution in [3.05, 3.63) is 65.5 Å². The van der Waals surface area contributed by atoms with E-state index in [2.05, 4.69) is 4.98 Å². The first kappa shape index (κ1) is 13.5. The molecule has 2 aromatic rings. The molecule has 4 nitrogen and oxygen atoms in total. The zero-order valence-corrected chi connectivity index (χ0v) is 10.9. The Morgan fingerprint density at radius 2 is 2.05 bits per heavy atom. The average molecular weight is 264 g/mol. The normalized spacial score (nSPS) is 10.7. The molecule has 0 fully saturated rings. The number of benzene rings is 1. The van der Waals surface area contributed by atoms with E-state index in [0.717, 1.165) is 5.56 Å². The zero-order chi connectivity index (χ0) is 14.4. The number of allylic oxidation sites excluding steroid dienone is 1. The van der Waals surface area contributed by atoms with Crippen LogP contribution < -0.4 is 4.74 Å². The number of ether oxygens (including phenoxy) is 1. The molecule has 4 heteroatoms. The highest BCUT2D eigenvalue weighted by Crippen LogP contribution is 2.17. The number of nitriles is 1. The maximum atomic E-state index is 12.3. The minimum atomic E-state index is -0.330. The quantitative estimate of drug-likeness (QED) is 0.484. The molecule has 0 aliphatic rings. The van der Waals surface area contributed by atoms with Gasteiger partial charge in [0.15, 0.2) is 0 Å². The number of Topliss-reactive ketones (excluding diaryl/α,β-unsaturated/α-hetero) is 1. The smallest absolute Gasteiger partial charge is 0.203 e. The van der Waals surface area contributed by atoms with Gasteiger partial charge in [0, 0.05) is 18.0 Å². The van der Waals surface area contributed by atoms with Gasteiger partial charge in [-0.05, 0) is 35.9 Å². The van der Waals surface area contributed by atoms with Crippen LogP contribution in [0.25, 0.3) is 6.08 Å². The van der Waals surface area contributed by atoms with Crippen molar-refractivity contribution >= 4 is 11.9 Å². The maximum absolute atomic E-state index is 12.3. The van der Waals surface area contributed by atoms with Crippen LogP contribution in [-0.4, -0.2) is 17.9 Å². The van der Waals surface area contributed by atoms with Gasteiger partial charge in [0.25, 0.3) is 0 Å². The summed E-state index contributed by atoms with van der Waals surface area (Å²) in [6.07, 6.45) is 4.76. The van der Waals surface area contributed by atoms with E-state index < -0.39 is 0 Å². The molecule has 0 saturated carbocycles.